The molecule has 1 saturated heterocycles. The van der Waals surface area contributed by atoms with E-state index < -0.39 is 0 Å². The summed E-state index contributed by atoms with van der Waals surface area (Å²) in [5.41, 5.74) is 1.04. The second-order valence-corrected chi connectivity index (χ2v) is 5.95. The molecule has 3 aliphatic rings. The summed E-state index contributed by atoms with van der Waals surface area (Å²) in [7, 11) is 0. The van der Waals surface area contributed by atoms with Gasteiger partial charge in [-0.15, -0.1) is 0 Å². The van der Waals surface area contributed by atoms with Crippen LogP contribution in [0.1, 0.15) is 33.1 Å². The van der Waals surface area contributed by atoms with E-state index in [0.717, 1.165) is 18.8 Å². The Balaban J connectivity index is 1.79. The number of ether oxygens (including phenoxy) is 1. The van der Waals surface area contributed by atoms with Gasteiger partial charge in [0, 0.05) is 19.0 Å². The molecule has 96 valence electrons. The van der Waals surface area contributed by atoms with Crippen LogP contribution < -0.4 is 0 Å². The Labute approximate surface area is 103 Å². The molecule has 1 heterocycles. The Morgan fingerprint density at radius 2 is 1.94 bits per heavy atom. The summed E-state index contributed by atoms with van der Waals surface area (Å²) < 4.78 is 5.78. The number of oxime groups is 1. The van der Waals surface area contributed by atoms with Crippen molar-refractivity contribution in [1.29, 1.82) is 0 Å². The lowest BCUT2D eigenvalue weighted by Crippen LogP contribution is -2.54. The topological polar surface area (TPSA) is 45.1 Å². The zero-order valence-electron chi connectivity index (χ0n) is 10.7. The van der Waals surface area contributed by atoms with E-state index in [-0.39, 0.29) is 12.2 Å². The van der Waals surface area contributed by atoms with Crippen LogP contribution in [0.25, 0.3) is 0 Å². The Kier molecular flexibility index (Phi) is 2.87. The quantitative estimate of drug-likeness (QED) is 0.559. The minimum atomic E-state index is 0.290. The van der Waals surface area contributed by atoms with Crippen LogP contribution in [0.2, 0.25) is 0 Å². The van der Waals surface area contributed by atoms with Gasteiger partial charge in [-0.3, -0.25) is 4.90 Å². The van der Waals surface area contributed by atoms with Crippen molar-refractivity contribution in [3.8, 4) is 0 Å². The van der Waals surface area contributed by atoms with Gasteiger partial charge in [0.15, 0.2) is 0 Å². The van der Waals surface area contributed by atoms with Gasteiger partial charge in [-0.05, 0) is 39.0 Å². The smallest absolute Gasteiger partial charge is 0.0775 e. The standard InChI is InChI=1S/C13H22N2O2/c1-8-6-15(7-9(2)17-8)13-11-4-3-10(5-11)12(13)14-16/h8-11,13,16H,3-7H2,1-2H3. The maximum Gasteiger partial charge on any atom is 0.0775 e. The van der Waals surface area contributed by atoms with Crippen LogP contribution in [0.5, 0.6) is 0 Å². The first-order valence-electron chi connectivity index (χ1n) is 6.80. The fourth-order valence-corrected chi connectivity index (χ4v) is 4.13. The highest BCUT2D eigenvalue weighted by Gasteiger charge is 2.49. The second-order valence-electron chi connectivity index (χ2n) is 5.95. The molecule has 2 aliphatic carbocycles. The average Bonchev–Trinajstić information content (AvgIpc) is 2.86. The third kappa shape index (κ3) is 1.87. The molecule has 3 rings (SSSR count). The molecule has 2 bridgehead atoms. The van der Waals surface area contributed by atoms with Crippen LogP contribution in [0.3, 0.4) is 0 Å². The Morgan fingerprint density at radius 1 is 1.24 bits per heavy atom. The van der Waals surface area contributed by atoms with Crippen LogP contribution in [0.15, 0.2) is 5.16 Å². The predicted molar refractivity (Wildman–Crippen MR) is 65.4 cm³/mol. The van der Waals surface area contributed by atoms with E-state index >= 15 is 0 Å². The fraction of sp³-hybridized carbons (Fsp3) is 0.923. The first-order valence-corrected chi connectivity index (χ1v) is 6.80. The summed E-state index contributed by atoms with van der Waals surface area (Å²) in [6.45, 7) is 6.20. The Morgan fingerprint density at radius 3 is 2.59 bits per heavy atom. The zero-order chi connectivity index (χ0) is 12.0. The summed E-state index contributed by atoms with van der Waals surface area (Å²) in [5.74, 6) is 1.26. The van der Waals surface area contributed by atoms with Gasteiger partial charge in [0.25, 0.3) is 0 Å². The third-order valence-electron chi connectivity index (χ3n) is 4.60. The Bertz CT molecular complexity index is 321. The highest BCUT2D eigenvalue weighted by Crippen LogP contribution is 2.45. The van der Waals surface area contributed by atoms with Gasteiger partial charge in [0.05, 0.1) is 24.0 Å². The SMILES string of the molecule is CC1CN(C2C(=NO)C3CCC2C3)CC(C)O1. The zero-order valence-corrected chi connectivity index (χ0v) is 10.7. The lowest BCUT2D eigenvalue weighted by atomic mass is 9.91. The maximum atomic E-state index is 9.25. The molecule has 4 heteroatoms. The molecule has 3 fully saturated rings. The van der Waals surface area contributed by atoms with Crippen molar-refractivity contribution in [3.05, 3.63) is 0 Å². The highest BCUT2D eigenvalue weighted by atomic mass is 16.5. The van der Waals surface area contributed by atoms with Crippen LogP contribution in [0, 0.1) is 11.8 Å². The van der Waals surface area contributed by atoms with Crippen LogP contribution in [-0.2, 0) is 4.74 Å². The molecule has 1 N–H and O–H groups in total. The molecule has 0 radical (unpaired) electrons. The van der Waals surface area contributed by atoms with E-state index in [1.54, 1.807) is 0 Å². The van der Waals surface area contributed by atoms with Gasteiger partial charge in [-0.1, -0.05) is 5.16 Å². The minimum Gasteiger partial charge on any atom is -0.411 e. The van der Waals surface area contributed by atoms with E-state index in [9.17, 15) is 5.21 Å². The van der Waals surface area contributed by atoms with Gasteiger partial charge >= 0.3 is 0 Å². The lowest BCUT2D eigenvalue weighted by Gasteiger charge is -2.41. The fourth-order valence-electron chi connectivity index (χ4n) is 4.13. The Hall–Kier alpha value is -0.610. The third-order valence-corrected chi connectivity index (χ3v) is 4.60. The molecule has 0 amide bonds. The molecule has 0 spiro atoms. The highest BCUT2D eigenvalue weighted by molar-refractivity contribution is 5.94. The summed E-state index contributed by atoms with van der Waals surface area (Å²) in [6, 6.07) is 0.382. The van der Waals surface area contributed by atoms with Crippen molar-refractivity contribution in [2.45, 2.75) is 51.4 Å². The second kappa shape index (κ2) is 4.25. The lowest BCUT2D eigenvalue weighted by molar-refractivity contribution is -0.0777. The summed E-state index contributed by atoms with van der Waals surface area (Å²) in [6.07, 6.45) is 4.32. The predicted octanol–water partition coefficient (Wildman–Crippen LogP) is 1.72. The number of hydrogen-bond acceptors (Lipinski definition) is 4. The largest absolute Gasteiger partial charge is 0.411 e. The van der Waals surface area contributed by atoms with E-state index in [1.165, 1.54) is 19.3 Å². The molecule has 5 atom stereocenters. The first kappa shape index (κ1) is 11.5. The average molecular weight is 238 g/mol. The number of fused-ring (bicyclic) bond motifs is 2. The van der Waals surface area contributed by atoms with E-state index in [1.807, 2.05) is 0 Å². The van der Waals surface area contributed by atoms with E-state index in [4.69, 9.17) is 4.74 Å². The molecule has 2 saturated carbocycles. The van der Waals surface area contributed by atoms with Crippen molar-refractivity contribution >= 4 is 5.71 Å². The van der Waals surface area contributed by atoms with Crippen LogP contribution in [0.4, 0.5) is 0 Å². The number of morpholine rings is 1. The summed E-state index contributed by atoms with van der Waals surface area (Å²) in [4.78, 5) is 2.48. The first-order chi connectivity index (χ1) is 8.19. The molecule has 1 aliphatic heterocycles. The molecular weight excluding hydrogens is 216 g/mol. The number of hydrogen-bond donors (Lipinski definition) is 1. The maximum absolute atomic E-state index is 9.25. The van der Waals surface area contributed by atoms with Crippen LogP contribution in [-0.4, -0.2) is 47.2 Å². The van der Waals surface area contributed by atoms with Crippen molar-refractivity contribution in [1.82, 2.24) is 4.90 Å². The van der Waals surface area contributed by atoms with E-state index in [2.05, 4.69) is 23.9 Å². The molecule has 0 aromatic heterocycles. The normalized spacial score (nSPS) is 49.1. The van der Waals surface area contributed by atoms with Gasteiger partial charge in [0.2, 0.25) is 0 Å². The molecule has 5 unspecified atom stereocenters. The van der Waals surface area contributed by atoms with Gasteiger partial charge in [-0.25, -0.2) is 0 Å². The summed E-state index contributed by atoms with van der Waals surface area (Å²) in [5, 5.41) is 12.9. The summed E-state index contributed by atoms with van der Waals surface area (Å²) >= 11 is 0. The molecule has 0 aromatic rings. The van der Waals surface area contributed by atoms with Gasteiger partial charge in [-0.2, -0.15) is 0 Å². The molecule has 4 nitrogen and oxygen atoms in total. The van der Waals surface area contributed by atoms with Crippen LogP contribution >= 0.6 is 0 Å². The van der Waals surface area contributed by atoms with Crippen molar-refractivity contribution < 1.29 is 9.94 Å². The van der Waals surface area contributed by atoms with Crippen molar-refractivity contribution in [2.24, 2.45) is 17.0 Å². The number of nitrogens with zero attached hydrogens (tertiary/aromatic N) is 2. The minimum absolute atomic E-state index is 0.290. The molecule has 0 aromatic carbocycles. The van der Waals surface area contributed by atoms with Crippen molar-refractivity contribution in [3.63, 3.8) is 0 Å². The monoisotopic (exact) mass is 238 g/mol. The molecular formula is C13H22N2O2. The molecule has 17 heavy (non-hydrogen) atoms. The van der Waals surface area contributed by atoms with Crippen molar-refractivity contribution in [2.75, 3.05) is 13.1 Å². The van der Waals surface area contributed by atoms with Gasteiger partial charge < -0.3 is 9.94 Å². The van der Waals surface area contributed by atoms with Gasteiger partial charge in [0.1, 0.15) is 0 Å². The number of rotatable bonds is 1. The van der Waals surface area contributed by atoms with E-state index in [0.29, 0.717) is 17.9 Å².